The highest BCUT2D eigenvalue weighted by Crippen LogP contribution is 2.30. The first-order chi connectivity index (χ1) is 10.8. The maximum atomic E-state index is 11.4. The van der Waals surface area contributed by atoms with E-state index in [0.717, 1.165) is 36.5 Å². The molecule has 1 aliphatic rings. The third kappa shape index (κ3) is 3.53. The van der Waals surface area contributed by atoms with Crippen LogP contribution in [0.3, 0.4) is 0 Å². The van der Waals surface area contributed by atoms with Gasteiger partial charge in [-0.1, -0.05) is 19.0 Å². The summed E-state index contributed by atoms with van der Waals surface area (Å²) in [5, 5.41) is 9.17. The van der Waals surface area contributed by atoms with Crippen LogP contribution in [0.4, 0.5) is 5.69 Å². The lowest BCUT2D eigenvalue weighted by atomic mass is 10.1. The van der Waals surface area contributed by atoms with Gasteiger partial charge in [-0.3, -0.25) is 0 Å². The summed E-state index contributed by atoms with van der Waals surface area (Å²) in [7, 11) is -3.67. The minimum absolute atomic E-state index is 0.148. The van der Waals surface area contributed by atoms with Gasteiger partial charge in [0.25, 0.3) is 0 Å². The van der Waals surface area contributed by atoms with Crippen molar-refractivity contribution in [2.24, 2.45) is 11.1 Å². The Morgan fingerprint density at radius 2 is 2.17 bits per heavy atom. The molecule has 0 saturated carbocycles. The molecule has 1 aromatic heterocycles. The van der Waals surface area contributed by atoms with Crippen LogP contribution in [0.25, 0.3) is 0 Å². The highest BCUT2D eigenvalue weighted by Gasteiger charge is 2.23. The molecule has 0 unspecified atom stereocenters. The summed E-state index contributed by atoms with van der Waals surface area (Å²) < 4.78 is 28.2. The number of sulfonamides is 1. The van der Waals surface area contributed by atoms with E-state index in [1.807, 2.05) is 0 Å². The van der Waals surface area contributed by atoms with Crippen molar-refractivity contribution in [3.63, 3.8) is 0 Å². The Morgan fingerprint density at radius 1 is 1.39 bits per heavy atom. The van der Waals surface area contributed by atoms with Crippen LogP contribution in [0.2, 0.25) is 0 Å². The fraction of sp³-hybridized carbons (Fsp3) is 0.467. The molecule has 0 radical (unpaired) electrons. The molecule has 23 heavy (non-hydrogen) atoms. The summed E-state index contributed by atoms with van der Waals surface area (Å²) in [4.78, 5) is 6.66. The van der Waals surface area contributed by atoms with Crippen molar-refractivity contribution in [3.8, 4) is 0 Å². The molecule has 1 aromatic carbocycles. The van der Waals surface area contributed by atoms with Crippen molar-refractivity contribution in [3.05, 3.63) is 35.5 Å². The second-order valence-electron chi connectivity index (χ2n) is 6.21. The van der Waals surface area contributed by atoms with Gasteiger partial charge in [0, 0.05) is 18.7 Å². The predicted molar refractivity (Wildman–Crippen MR) is 85.4 cm³/mol. The molecule has 0 spiro atoms. The maximum Gasteiger partial charge on any atom is 0.246 e. The second kappa shape index (κ2) is 5.93. The topological polar surface area (TPSA) is 102 Å². The molecule has 7 nitrogen and oxygen atoms in total. The molecule has 2 heterocycles. The molecule has 3 rings (SSSR count). The van der Waals surface area contributed by atoms with Crippen molar-refractivity contribution >= 4 is 15.7 Å². The van der Waals surface area contributed by atoms with Gasteiger partial charge in [-0.25, -0.2) is 13.6 Å². The average molecular weight is 336 g/mol. The number of nitrogens with two attached hydrogens (primary N) is 1. The lowest BCUT2D eigenvalue weighted by Gasteiger charge is -2.16. The highest BCUT2D eigenvalue weighted by molar-refractivity contribution is 7.89. The van der Waals surface area contributed by atoms with E-state index in [1.54, 1.807) is 12.1 Å². The fourth-order valence-electron chi connectivity index (χ4n) is 2.75. The van der Waals surface area contributed by atoms with Gasteiger partial charge >= 0.3 is 0 Å². The summed E-state index contributed by atoms with van der Waals surface area (Å²) in [6.07, 6.45) is 1.56. The Labute approximate surface area is 135 Å². The van der Waals surface area contributed by atoms with Gasteiger partial charge in [0.2, 0.25) is 15.9 Å². The molecule has 124 valence electrons. The van der Waals surface area contributed by atoms with Crippen LogP contribution in [0.1, 0.15) is 31.1 Å². The molecular formula is C15H20N4O3S. The minimum atomic E-state index is -3.67. The third-order valence-corrected chi connectivity index (χ3v) is 4.71. The molecule has 0 atom stereocenters. The monoisotopic (exact) mass is 336 g/mol. The molecule has 0 aliphatic carbocycles. The van der Waals surface area contributed by atoms with E-state index >= 15 is 0 Å². The van der Waals surface area contributed by atoms with Crippen molar-refractivity contribution in [2.75, 3.05) is 11.4 Å². The molecule has 0 fully saturated rings. The predicted octanol–water partition coefficient (Wildman–Crippen LogP) is 1.48. The number of aromatic nitrogens is 2. The standard InChI is InChI=1S/C15H20N4O3S/c1-10(2)7-14-17-15(22-18-14)9-19-6-5-11-8-12(23(16,20)21)3-4-13(11)19/h3-4,8,10H,5-7,9H2,1-2H3,(H2,16,20,21). The molecular weight excluding hydrogens is 316 g/mol. The van der Waals surface area contributed by atoms with Gasteiger partial charge in [-0.05, 0) is 36.1 Å². The number of anilines is 1. The zero-order chi connectivity index (χ0) is 16.6. The van der Waals surface area contributed by atoms with Crippen LogP contribution in [-0.4, -0.2) is 25.1 Å². The fourth-order valence-corrected chi connectivity index (χ4v) is 3.32. The number of fused-ring (bicyclic) bond motifs is 1. The van der Waals surface area contributed by atoms with E-state index in [4.69, 9.17) is 9.66 Å². The molecule has 1 aliphatic heterocycles. The van der Waals surface area contributed by atoms with E-state index < -0.39 is 10.0 Å². The number of benzene rings is 1. The first-order valence-corrected chi connectivity index (χ1v) is 9.09. The van der Waals surface area contributed by atoms with Crippen LogP contribution in [0, 0.1) is 5.92 Å². The zero-order valence-corrected chi connectivity index (χ0v) is 14.0. The van der Waals surface area contributed by atoms with Crippen LogP contribution in [-0.2, 0) is 29.4 Å². The summed E-state index contributed by atoms with van der Waals surface area (Å²) in [5.74, 6) is 1.77. The lowest BCUT2D eigenvalue weighted by Crippen LogP contribution is -2.20. The summed E-state index contributed by atoms with van der Waals surface area (Å²) in [5.41, 5.74) is 1.96. The van der Waals surface area contributed by atoms with E-state index in [1.165, 1.54) is 6.07 Å². The normalized spacial score (nSPS) is 14.5. The summed E-state index contributed by atoms with van der Waals surface area (Å²) in [6.45, 7) is 5.52. The first kappa shape index (κ1) is 15.9. The Kier molecular flexibility index (Phi) is 4.11. The summed E-state index contributed by atoms with van der Waals surface area (Å²) >= 11 is 0. The molecule has 0 bridgehead atoms. The van der Waals surface area contributed by atoms with Crippen molar-refractivity contribution in [2.45, 2.75) is 38.1 Å². The number of rotatable bonds is 5. The Bertz CT molecular complexity index is 814. The minimum Gasteiger partial charge on any atom is -0.362 e. The van der Waals surface area contributed by atoms with Crippen LogP contribution in [0.15, 0.2) is 27.6 Å². The van der Waals surface area contributed by atoms with Gasteiger partial charge < -0.3 is 9.42 Å². The third-order valence-electron chi connectivity index (χ3n) is 3.80. The van der Waals surface area contributed by atoms with Gasteiger partial charge in [0.05, 0.1) is 11.4 Å². The van der Waals surface area contributed by atoms with Crippen molar-refractivity contribution < 1.29 is 12.9 Å². The average Bonchev–Trinajstić information content (AvgIpc) is 3.05. The van der Waals surface area contributed by atoms with Crippen molar-refractivity contribution in [1.29, 1.82) is 0 Å². The molecule has 0 amide bonds. The van der Waals surface area contributed by atoms with Gasteiger partial charge in [-0.15, -0.1) is 0 Å². The van der Waals surface area contributed by atoms with Gasteiger partial charge in [-0.2, -0.15) is 4.98 Å². The van der Waals surface area contributed by atoms with E-state index in [2.05, 4.69) is 28.9 Å². The highest BCUT2D eigenvalue weighted by atomic mass is 32.2. The second-order valence-corrected chi connectivity index (χ2v) is 7.77. The number of hydrogen-bond donors (Lipinski definition) is 1. The van der Waals surface area contributed by atoms with E-state index in [-0.39, 0.29) is 4.90 Å². The molecule has 0 saturated heterocycles. The number of nitrogens with zero attached hydrogens (tertiary/aromatic N) is 3. The van der Waals surface area contributed by atoms with Gasteiger partial charge in [0.15, 0.2) is 5.82 Å². The van der Waals surface area contributed by atoms with E-state index in [0.29, 0.717) is 18.4 Å². The van der Waals surface area contributed by atoms with E-state index in [9.17, 15) is 8.42 Å². The van der Waals surface area contributed by atoms with Crippen LogP contribution < -0.4 is 10.0 Å². The van der Waals surface area contributed by atoms with Gasteiger partial charge in [0.1, 0.15) is 0 Å². The summed E-state index contributed by atoms with van der Waals surface area (Å²) in [6, 6.07) is 4.96. The quantitative estimate of drug-likeness (QED) is 0.887. The van der Waals surface area contributed by atoms with Crippen LogP contribution >= 0.6 is 0 Å². The smallest absolute Gasteiger partial charge is 0.246 e. The van der Waals surface area contributed by atoms with Crippen molar-refractivity contribution in [1.82, 2.24) is 10.1 Å². The maximum absolute atomic E-state index is 11.4. The molecule has 2 aromatic rings. The number of primary sulfonamides is 1. The Hall–Kier alpha value is -1.93. The first-order valence-electron chi connectivity index (χ1n) is 7.55. The zero-order valence-electron chi connectivity index (χ0n) is 13.2. The largest absolute Gasteiger partial charge is 0.362 e. The SMILES string of the molecule is CC(C)Cc1noc(CN2CCc3cc(S(N)(=O)=O)ccc32)n1. The molecule has 2 N–H and O–H groups in total. The number of hydrogen-bond acceptors (Lipinski definition) is 6. The Balaban J connectivity index is 1.76. The molecule has 8 heteroatoms. The van der Waals surface area contributed by atoms with Crippen LogP contribution in [0.5, 0.6) is 0 Å². The lowest BCUT2D eigenvalue weighted by molar-refractivity contribution is 0.369. The Morgan fingerprint density at radius 3 is 2.87 bits per heavy atom.